The third-order valence-corrected chi connectivity index (χ3v) is 5.87. The number of hydrogen-bond donors (Lipinski definition) is 0. The maximum Gasteiger partial charge on any atom is 0.305 e. The molecular weight excluding hydrogens is 354 g/mol. The first-order valence-electron chi connectivity index (χ1n) is 8.03. The summed E-state index contributed by atoms with van der Waals surface area (Å²) in [6.45, 7) is 0. The number of rotatable bonds is 6. The topological polar surface area (TPSA) is 74.6 Å². The van der Waals surface area contributed by atoms with Crippen LogP contribution in [0.5, 0.6) is 5.75 Å². The summed E-state index contributed by atoms with van der Waals surface area (Å²) in [5.41, 5.74) is 1.28. The average molecular weight is 373 g/mol. The number of benzene rings is 2. The quantitative estimate of drug-likeness (QED) is 0.621. The molecule has 3 aromatic rings. The minimum Gasteiger partial charge on any atom is -0.497 e. The van der Waals surface area contributed by atoms with Gasteiger partial charge < -0.3 is 9.47 Å². The second-order valence-corrected chi connectivity index (χ2v) is 7.54. The normalized spacial score (nSPS) is 11.5. The van der Waals surface area contributed by atoms with Crippen molar-refractivity contribution in [1.29, 1.82) is 0 Å². The van der Waals surface area contributed by atoms with Crippen LogP contribution in [0.15, 0.2) is 59.6 Å². The third-order valence-electron chi connectivity index (χ3n) is 4.19. The Kier molecular flexibility index (Phi) is 4.99. The van der Waals surface area contributed by atoms with E-state index in [1.807, 2.05) is 0 Å². The number of aryl methyl sites for hydroxylation is 1. The van der Waals surface area contributed by atoms with E-state index in [1.165, 1.54) is 11.1 Å². The molecule has 6 nitrogen and oxygen atoms in total. The Bertz CT molecular complexity index is 1040. The molecular formula is C19H19NO5S. The molecule has 2 aromatic carbocycles. The molecule has 0 bridgehead atoms. The van der Waals surface area contributed by atoms with Crippen LogP contribution >= 0.6 is 0 Å². The van der Waals surface area contributed by atoms with Crippen molar-refractivity contribution in [2.45, 2.75) is 17.7 Å². The highest BCUT2D eigenvalue weighted by Crippen LogP contribution is 2.30. The molecule has 0 radical (unpaired) electrons. The van der Waals surface area contributed by atoms with Crippen LogP contribution in [0.2, 0.25) is 0 Å². The minimum atomic E-state index is -3.75. The Hall–Kier alpha value is -2.80. The van der Waals surface area contributed by atoms with Gasteiger partial charge in [-0.2, -0.15) is 0 Å². The van der Waals surface area contributed by atoms with Crippen LogP contribution in [-0.2, 0) is 26.0 Å². The summed E-state index contributed by atoms with van der Waals surface area (Å²) in [6.07, 6.45) is 2.10. The Morgan fingerprint density at radius 3 is 2.46 bits per heavy atom. The van der Waals surface area contributed by atoms with Crippen molar-refractivity contribution in [1.82, 2.24) is 3.97 Å². The van der Waals surface area contributed by atoms with E-state index in [9.17, 15) is 13.2 Å². The number of aromatic nitrogens is 1. The molecule has 3 rings (SSSR count). The Morgan fingerprint density at radius 2 is 1.81 bits per heavy atom. The van der Waals surface area contributed by atoms with Gasteiger partial charge in [0.2, 0.25) is 0 Å². The molecule has 0 atom stereocenters. The Balaban J connectivity index is 2.15. The first-order valence-corrected chi connectivity index (χ1v) is 9.47. The molecule has 0 spiro atoms. The fourth-order valence-corrected chi connectivity index (χ4v) is 4.23. The number of fused-ring (bicyclic) bond motifs is 1. The van der Waals surface area contributed by atoms with Gasteiger partial charge in [-0.05, 0) is 42.3 Å². The molecule has 1 aromatic heterocycles. The number of hydrogen-bond acceptors (Lipinski definition) is 5. The van der Waals surface area contributed by atoms with E-state index in [0.717, 1.165) is 10.9 Å². The third kappa shape index (κ3) is 3.30. The van der Waals surface area contributed by atoms with Crippen molar-refractivity contribution in [3.05, 3.63) is 60.3 Å². The average Bonchev–Trinajstić information content (AvgIpc) is 3.05. The highest BCUT2D eigenvalue weighted by atomic mass is 32.2. The van der Waals surface area contributed by atoms with E-state index in [4.69, 9.17) is 4.74 Å². The summed E-state index contributed by atoms with van der Waals surface area (Å²) in [5.74, 6) is 0.270. The fraction of sp³-hybridized carbons (Fsp3) is 0.211. The van der Waals surface area contributed by atoms with E-state index in [1.54, 1.807) is 61.8 Å². The zero-order chi connectivity index (χ0) is 18.7. The van der Waals surface area contributed by atoms with Crippen molar-refractivity contribution in [3.8, 4) is 5.75 Å². The van der Waals surface area contributed by atoms with E-state index in [0.29, 0.717) is 17.7 Å². The Morgan fingerprint density at radius 1 is 1.08 bits per heavy atom. The zero-order valence-corrected chi connectivity index (χ0v) is 15.3. The van der Waals surface area contributed by atoms with Gasteiger partial charge in [-0.1, -0.05) is 18.2 Å². The van der Waals surface area contributed by atoms with Crippen LogP contribution in [0.25, 0.3) is 10.9 Å². The second-order valence-electron chi connectivity index (χ2n) is 5.73. The fourth-order valence-electron chi connectivity index (χ4n) is 2.82. The number of methoxy groups -OCH3 is 2. The van der Waals surface area contributed by atoms with Gasteiger partial charge >= 0.3 is 5.97 Å². The number of ether oxygens (including phenoxy) is 2. The van der Waals surface area contributed by atoms with Crippen molar-refractivity contribution in [2.75, 3.05) is 14.2 Å². The van der Waals surface area contributed by atoms with Gasteiger partial charge in [0.05, 0.1) is 24.6 Å². The molecule has 7 heteroatoms. The predicted molar refractivity (Wildman–Crippen MR) is 97.9 cm³/mol. The minimum absolute atomic E-state index is 0.165. The molecule has 0 N–H and O–H groups in total. The number of esters is 1. The lowest BCUT2D eigenvalue weighted by Crippen LogP contribution is -2.11. The van der Waals surface area contributed by atoms with Crippen LogP contribution in [0.1, 0.15) is 12.0 Å². The summed E-state index contributed by atoms with van der Waals surface area (Å²) in [4.78, 5) is 11.7. The highest BCUT2D eigenvalue weighted by Gasteiger charge is 2.21. The van der Waals surface area contributed by atoms with Crippen LogP contribution in [-0.4, -0.2) is 32.6 Å². The van der Waals surface area contributed by atoms with Gasteiger partial charge in [0.1, 0.15) is 5.75 Å². The molecule has 1 heterocycles. The van der Waals surface area contributed by atoms with Gasteiger partial charge in [-0.3, -0.25) is 4.79 Å². The predicted octanol–water partition coefficient (Wildman–Crippen LogP) is 2.99. The summed E-state index contributed by atoms with van der Waals surface area (Å²) >= 11 is 0. The lowest BCUT2D eigenvalue weighted by molar-refractivity contribution is -0.140. The first-order chi connectivity index (χ1) is 12.5. The molecule has 0 aliphatic carbocycles. The molecule has 0 aliphatic heterocycles. The monoisotopic (exact) mass is 373 g/mol. The molecule has 0 fully saturated rings. The van der Waals surface area contributed by atoms with Crippen molar-refractivity contribution >= 4 is 26.9 Å². The number of nitrogens with zero attached hydrogens (tertiary/aromatic N) is 1. The van der Waals surface area contributed by atoms with E-state index in [2.05, 4.69) is 4.74 Å². The second kappa shape index (κ2) is 7.21. The van der Waals surface area contributed by atoms with Crippen LogP contribution in [0, 0.1) is 0 Å². The van der Waals surface area contributed by atoms with Gasteiger partial charge in [-0.15, -0.1) is 0 Å². The van der Waals surface area contributed by atoms with Crippen LogP contribution < -0.4 is 4.74 Å². The highest BCUT2D eigenvalue weighted by molar-refractivity contribution is 7.90. The summed E-state index contributed by atoms with van der Waals surface area (Å²) < 4.78 is 37.3. The van der Waals surface area contributed by atoms with Crippen molar-refractivity contribution < 1.29 is 22.7 Å². The van der Waals surface area contributed by atoms with Gasteiger partial charge in [0.25, 0.3) is 10.0 Å². The molecule has 0 amide bonds. The van der Waals surface area contributed by atoms with Crippen molar-refractivity contribution in [3.63, 3.8) is 0 Å². The molecule has 26 heavy (non-hydrogen) atoms. The largest absolute Gasteiger partial charge is 0.497 e. The molecule has 0 saturated carbocycles. The first kappa shape index (κ1) is 18.0. The number of carbonyl (C=O) groups is 1. The maximum absolute atomic E-state index is 13.0. The van der Waals surface area contributed by atoms with Gasteiger partial charge in [0, 0.05) is 18.0 Å². The lowest BCUT2D eigenvalue weighted by atomic mass is 10.1. The molecule has 136 valence electrons. The summed E-state index contributed by atoms with van der Waals surface area (Å²) in [7, 11) is -0.872. The van der Waals surface area contributed by atoms with E-state index in [-0.39, 0.29) is 17.3 Å². The van der Waals surface area contributed by atoms with E-state index >= 15 is 0 Å². The number of carbonyl (C=O) groups excluding carboxylic acids is 1. The molecule has 0 aliphatic rings. The van der Waals surface area contributed by atoms with Crippen LogP contribution in [0.3, 0.4) is 0 Å². The smallest absolute Gasteiger partial charge is 0.305 e. The summed E-state index contributed by atoms with van der Waals surface area (Å²) in [5, 5.41) is 0.729. The van der Waals surface area contributed by atoms with Crippen LogP contribution in [0.4, 0.5) is 0 Å². The maximum atomic E-state index is 13.0. The van der Waals surface area contributed by atoms with Crippen molar-refractivity contribution in [2.24, 2.45) is 0 Å². The summed E-state index contributed by atoms with van der Waals surface area (Å²) in [6, 6.07) is 13.4. The molecule has 0 saturated heterocycles. The van der Waals surface area contributed by atoms with Gasteiger partial charge in [-0.25, -0.2) is 12.4 Å². The Labute approximate surface area is 152 Å². The SMILES string of the molecule is COC(=O)CCc1cn(S(=O)(=O)c2ccccc2)c2ccc(OC)cc12. The lowest BCUT2D eigenvalue weighted by Gasteiger charge is -2.07. The van der Waals surface area contributed by atoms with E-state index < -0.39 is 10.0 Å². The molecule has 0 unspecified atom stereocenters. The van der Waals surface area contributed by atoms with Gasteiger partial charge in [0.15, 0.2) is 0 Å². The standard InChI is InChI=1S/C19H19NO5S/c1-24-15-9-10-18-17(12-15)14(8-11-19(21)25-2)13-20(18)26(22,23)16-6-4-3-5-7-16/h3-7,9-10,12-13H,8,11H2,1-2H3. The zero-order valence-electron chi connectivity index (χ0n) is 14.5.